The number of hydrogen-bond acceptors (Lipinski definition) is 0. The van der Waals surface area contributed by atoms with Crippen LogP contribution in [0.15, 0.2) is 12.1 Å². The number of allylic oxidation sites excluding steroid dienone is 1. The monoisotopic (exact) mass is 202 g/mol. The van der Waals surface area contributed by atoms with Gasteiger partial charge in [0.1, 0.15) is 0 Å². The molecule has 0 heteroatoms. The van der Waals surface area contributed by atoms with Crippen molar-refractivity contribution in [1.29, 1.82) is 0 Å². The fraction of sp³-hybridized carbons (Fsp3) is 0.467. The largest absolute Gasteiger partial charge is 0.0839 e. The smallest absolute Gasteiger partial charge is 0.0225 e. The zero-order valence-corrected chi connectivity index (χ0v) is 10.6. The Balaban J connectivity index is 3.09. The van der Waals surface area contributed by atoms with Gasteiger partial charge in [0.15, 0.2) is 0 Å². The molecule has 0 aliphatic carbocycles. The predicted octanol–water partition coefficient (Wildman–Crippen LogP) is 4.73. The van der Waals surface area contributed by atoms with Gasteiger partial charge in [0.2, 0.25) is 0 Å². The van der Waals surface area contributed by atoms with E-state index in [1.165, 1.54) is 40.7 Å². The third-order valence-electron chi connectivity index (χ3n) is 3.27. The summed E-state index contributed by atoms with van der Waals surface area (Å²) < 4.78 is 0. The van der Waals surface area contributed by atoms with Gasteiger partial charge in [-0.2, -0.15) is 0 Å². The van der Waals surface area contributed by atoms with Gasteiger partial charge < -0.3 is 0 Å². The second-order valence-electron chi connectivity index (χ2n) is 4.35. The topological polar surface area (TPSA) is 0 Å². The molecule has 0 heterocycles. The highest BCUT2D eigenvalue weighted by Crippen LogP contribution is 2.22. The van der Waals surface area contributed by atoms with E-state index in [1.54, 1.807) is 0 Å². The van der Waals surface area contributed by atoms with E-state index < -0.39 is 0 Å². The summed E-state index contributed by atoms with van der Waals surface area (Å²) in [5.41, 5.74) is 7.06. The minimum Gasteiger partial charge on any atom is -0.0839 e. The molecule has 0 N–H and O–H groups in total. The summed E-state index contributed by atoms with van der Waals surface area (Å²) in [6.07, 6.45) is 6.93. The summed E-state index contributed by atoms with van der Waals surface area (Å²) in [6.45, 7) is 11.0. The molecular formula is C15H22. The van der Waals surface area contributed by atoms with Crippen molar-refractivity contribution in [1.82, 2.24) is 0 Å². The fourth-order valence-corrected chi connectivity index (χ4v) is 1.79. The summed E-state index contributed by atoms with van der Waals surface area (Å²) in [7, 11) is 0. The average molecular weight is 202 g/mol. The molecule has 1 aromatic rings. The average Bonchev–Trinajstić information content (AvgIpc) is 2.23. The first-order valence-corrected chi connectivity index (χ1v) is 5.81. The summed E-state index contributed by atoms with van der Waals surface area (Å²) in [4.78, 5) is 0. The van der Waals surface area contributed by atoms with Crippen LogP contribution in [0.25, 0.3) is 6.08 Å². The number of aryl methyl sites for hydroxylation is 1. The lowest BCUT2D eigenvalue weighted by atomic mass is 9.94. The maximum atomic E-state index is 2.30. The summed E-state index contributed by atoms with van der Waals surface area (Å²) >= 11 is 0. The molecule has 1 aromatic carbocycles. The van der Waals surface area contributed by atoms with E-state index in [4.69, 9.17) is 0 Å². The Hall–Kier alpha value is -1.04. The van der Waals surface area contributed by atoms with Crippen LogP contribution in [0.5, 0.6) is 0 Å². The Morgan fingerprint density at radius 2 is 1.67 bits per heavy atom. The van der Waals surface area contributed by atoms with Crippen molar-refractivity contribution in [2.24, 2.45) is 0 Å². The SMILES string of the molecule is CCCC=Cc1cc(C)c(C)c(C)c1C. The van der Waals surface area contributed by atoms with E-state index in [2.05, 4.69) is 52.8 Å². The third kappa shape index (κ3) is 2.71. The van der Waals surface area contributed by atoms with Crippen LogP contribution in [0.1, 0.15) is 47.6 Å². The maximum Gasteiger partial charge on any atom is -0.0225 e. The minimum absolute atomic E-state index is 1.17. The van der Waals surface area contributed by atoms with E-state index in [0.29, 0.717) is 0 Å². The first kappa shape index (κ1) is 12.0. The molecule has 0 aromatic heterocycles. The Labute approximate surface area is 94.0 Å². The van der Waals surface area contributed by atoms with Crippen LogP contribution < -0.4 is 0 Å². The second-order valence-corrected chi connectivity index (χ2v) is 4.35. The standard InChI is InChI=1S/C15H22/c1-6-7-8-9-15-10-11(2)12(3)13(4)14(15)5/h8-10H,6-7H2,1-5H3. The predicted molar refractivity (Wildman–Crippen MR) is 69.3 cm³/mol. The number of unbranched alkanes of at least 4 members (excludes halogenated alkanes) is 1. The molecule has 0 saturated heterocycles. The molecule has 0 nitrogen and oxygen atoms in total. The van der Waals surface area contributed by atoms with Crippen molar-refractivity contribution in [3.63, 3.8) is 0 Å². The normalized spacial score (nSPS) is 11.3. The van der Waals surface area contributed by atoms with E-state index in [9.17, 15) is 0 Å². The highest BCUT2D eigenvalue weighted by molar-refractivity contribution is 5.58. The van der Waals surface area contributed by atoms with Gasteiger partial charge in [0, 0.05) is 0 Å². The van der Waals surface area contributed by atoms with Gasteiger partial charge in [-0.25, -0.2) is 0 Å². The molecule has 0 unspecified atom stereocenters. The fourth-order valence-electron chi connectivity index (χ4n) is 1.79. The van der Waals surface area contributed by atoms with Gasteiger partial charge in [0.05, 0.1) is 0 Å². The first-order chi connectivity index (χ1) is 7.07. The molecule has 0 aliphatic rings. The Bertz CT molecular complexity index is 370. The van der Waals surface area contributed by atoms with Gasteiger partial charge in [0.25, 0.3) is 0 Å². The van der Waals surface area contributed by atoms with E-state index in [1.807, 2.05) is 0 Å². The lowest BCUT2D eigenvalue weighted by Crippen LogP contribution is -1.93. The number of hydrogen-bond donors (Lipinski definition) is 0. The summed E-state index contributed by atoms with van der Waals surface area (Å²) in [5, 5.41) is 0. The third-order valence-corrected chi connectivity index (χ3v) is 3.27. The second kappa shape index (κ2) is 5.16. The Morgan fingerprint density at radius 3 is 2.27 bits per heavy atom. The summed E-state index contributed by atoms with van der Waals surface area (Å²) in [6, 6.07) is 2.30. The molecule has 0 spiro atoms. The lowest BCUT2D eigenvalue weighted by molar-refractivity contribution is 0.962. The van der Waals surface area contributed by atoms with E-state index in [0.717, 1.165) is 0 Å². The van der Waals surface area contributed by atoms with Gasteiger partial charge in [-0.1, -0.05) is 31.6 Å². The van der Waals surface area contributed by atoms with Crippen LogP contribution >= 0.6 is 0 Å². The zero-order chi connectivity index (χ0) is 11.4. The van der Waals surface area contributed by atoms with Gasteiger partial charge in [-0.05, 0) is 61.9 Å². The van der Waals surface area contributed by atoms with Crippen LogP contribution in [0.4, 0.5) is 0 Å². The molecule has 1 rings (SSSR count). The van der Waals surface area contributed by atoms with Crippen LogP contribution in [-0.4, -0.2) is 0 Å². The summed E-state index contributed by atoms with van der Waals surface area (Å²) in [5.74, 6) is 0. The van der Waals surface area contributed by atoms with Crippen molar-refractivity contribution in [3.05, 3.63) is 40.0 Å². The maximum absolute atomic E-state index is 2.30. The van der Waals surface area contributed by atoms with Crippen LogP contribution in [0, 0.1) is 27.7 Å². The van der Waals surface area contributed by atoms with Gasteiger partial charge in [-0.15, -0.1) is 0 Å². The molecule has 0 saturated carbocycles. The first-order valence-electron chi connectivity index (χ1n) is 5.81. The molecule has 0 radical (unpaired) electrons. The van der Waals surface area contributed by atoms with Gasteiger partial charge >= 0.3 is 0 Å². The Kier molecular flexibility index (Phi) is 4.14. The molecule has 0 amide bonds. The number of benzene rings is 1. The van der Waals surface area contributed by atoms with Crippen molar-refractivity contribution < 1.29 is 0 Å². The molecule has 0 bridgehead atoms. The van der Waals surface area contributed by atoms with Crippen LogP contribution in [0.3, 0.4) is 0 Å². The van der Waals surface area contributed by atoms with Gasteiger partial charge in [-0.3, -0.25) is 0 Å². The Morgan fingerprint density at radius 1 is 1.00 bits per heavy atom. The lowest BCUT2D eigenvalue weighted by Gasteiger charge is -2.11. The molecule has 0 fully saturated rings. The highest BCUT2D eigenvalue weighted by Gasteiger charge is 2.04. The van der Waals surface area contributed by atoms with E-state index in [-0.39, 0.29) is 0 Å². The van der Waals surface area contributed by atoms with E-state index >= 15 is 0 Å². The molecule has 0 atom stereocenters. The minimum atomic E-state index is 1.17. The van der Waals surface area contributed by atoms with Crippen molar-refractivity contribution in [3.8, 4) is 0 Å². The quantitative estimate of drug-likeness (QED) is 0.664. The molecule has 82 valence electrons. The number of rotatable bonds is 3. The molecule has 15 heavy (non-hydrogen) atoms. The van der Waals surface area contributed by atoms with Crippen molar-refractivity contribution in [2.75, 3.05) is 0 Å². The van der Waals surface area contributed by atoms with Crippen LogP contribution in [-0.2, 0) is 0 Å². The molecule has 0 aliphatic heterocycles. The van der Waals surface area contributed by atoms with Crippen molar-refractivity contribution in [2.45, 2.75) is 47.5 Å². The molecular weight excluding hydrogens is 180 g/mol. The van der Waals surface area contributed by atoms with Crippen LogP contribution in [0.2, 0.25) is 0 Å². The zero-order valence-electron chi connectivity index (χ0n) is 10.6. The highest BCUT2D eigenvalue weighted by atomic mass is 14.1. The van der Waals surface area contributed by atoms with Crippen molar-refractivity contribution >= 4 is 6.08 Å².